The molecule has 0 aromatic rings. The summed E-state index contributed by atoms with van der Waals surface area (Å²) in [6.45, 7) is 4.57. The molecule has 2 unspecified atom stereocenters. The summed E-state index contributed by atoms with van der Waals surface area (Å²) >= 11 is 0. The number of fused-ring (bicyclic) bond motifs is 1. The van der Waals surface area contributed by atoms with Crippen molar-refractivity contribution in [2.75, 3.05) is 19.7 Å². The molecular weight excluding hydrogens is 400 g/mol. The number of hydrogen-bond acceptors (Lipinski definition) is 5. The van der Waals surface area contributed by atoms with E-state index in [4.69, 9.17) is 4.74 Å². The van der Waals surface area contributed by atoms with Crippen LogP contribution in [0.15, 0.2) is 12.7 Å². The summed E-state index contributed by atoms with van der Waals surface area (Å²) in [5.74, 6) is -3.17. The van der Waals surface area contributed by atoms with Crippen LogP contribution in [-0.4, -0.2) is 81.3 Å². The number of nitrogens with zero attached hydrogens (tertiary/aromatic N) is 2. The molecule has 8 nitrogen and oxygen atoms in total. The quantitative estimate of drug-likeness (QED) is 0.421. The summed E-state index contributed by atoms with van der Waals surface area (Å²) in [4.78, 5) is 42.9. The Kier molecular flexibility index (Phi) is 6.40. The van der Waals surface area contributed by atoms with Crippen LogP contribution in [0.2, 0.25) is 0 Å². The van der Waals surface area contributed by atoms with Crippen molar-refractivity contribution in [3.8, 4) is 0 Å². The fourth-order valence-corrected chi connectivity index (χ4v) is 6.46. The van der Waals surface area contributed by atoms with Gasteiger partial charge in [-0.3, -0.25) is 14.4 Å². The third-order valence-corrected chi connectivity index (χ3v) is 7.75. The summed E-state index contributed by atoms with van der Waals surface area (Å²) in [5, 5.41) is 19.0. The van der Waals surface area contributed by atoms with Gasteiger partial charge >= 0.3 is 5.97 Å². The summed E-state index contributed by atoms with van der Waals surface area (Å²) in [7, 11) is 0. The standard InChI is InChI=1S/C23H34N2O6/c1-2-12-24(15-8-4-3-5-9-15)21(28)19-23-11-10-16(31-23)17(22(29)30)18(23)20(27)25(19)13-6-7-14-26/h2,15-19,26H,1,3-14H2,(H,29,30)/t16-,17+,18+,19?,23?/m1/s1. The van der Waals surface area contributed by atoms with Gasteiger partial charge in [-0.25, -0.2) is 0 Å². The first-order valence-corrected chi connectivity index (χ1v) is 11.7. The Labute approximate surface area is 183 Å². The number of carbonyl (C=O) groups is 3. The van der Waals surface area contributed by atoms with E-state index in [0.29, 0.717) is 38.8 Å². The Morgan fingerprint density at radius 1 is 1.23 bits per heavy atom. The third kappa shape index (κ3) is 3.57. The number of likely N-dealkylation sites (tertiary alicyclic amines) is 1. The highest BCUT2D eigenvalue weighted by Gasteiger charge is 2.74. The van der Waals surface area contributed by atoms with E-state index in [1.807, 2.05) is 4.90 Å². The van der Waals surface area contributed by atoms with Crippen molar-refractivity contribution >= 4 is 17.8 Å². The zero-order valence-corrected chi connectivity index (χ0v) is 18.1. The van der Waals surface area contributed by atoms with E-state index in [-0.39, 0.29) is 24.5 Å². The molecule has 5 atom stereocenters. The zero-order valence-electron chi connectivity index (χ0n) is 18.1. The Morgan fingerprint density at radius 2 is 1.97 bits per heavy atom. The Morgan fingerprint density at radius 3 is 2.61 bits per heavy atom. The SMILES string of the molecule is C=CCN(C(=O)C1N(CCCCO)C(=O)[C@@H]2[C@@H](C(=O)O)[C@H]3CCC12O3)C1CCCCC1. The van der Waals surface area contributed by atoms with E-state index in [0.717, 1.165) is 25.7 Å². The smallest absolute Gasteiger partial charge is 0.310 e. The normalized spacial score (nSPS) is 34.7. The summed E-state index contributed by atoms with van der Waals surface area (Å²) in [5.41, 5.74) is -1.06. The predicted molar refractivity (Wildman–Crippen MR) is 112 cm³/mol. The van der Waals surface area contributed by atoms with Crippen LogP contribution in [0.5, 0.6) is 0 Å². The number of aliphatic hydroxyl groups excluding tert-OH is 1. The van der Waals surface area contributed by atoms with Crippen LogP contribution in [0.25, 0.3) is 0 Å². The van der Waals surface area contributed by atoms with Crippen LogP contribution < -0.4 is 0 Å². The third-order valence-electron chi connectivity index (χ3n) is 7.75. The van der Waals surface area contributed by atoms with Gasteiger partial charge in [0, 0.05) is 25.7 Å². The molecule has 4 rings (SSSR count). The fraction of sp³-hybridized carbons (Fsp3) is 0.783. The molecule has 0 aromatic heterocycles. The number of unbranched alkanes of at least 4 members (excludes halogenated alkanes) is 1. The molecule has 3 heterocycles. The molecule has 1 saturated carbocycles. The summed E-state index contributed by atoms with van der Waals surface area (Å²) in [6.07, 6.45) is 8.55. The molecule has 8 heteroatoms. The lowest BCUT2D eigenvalue weighted by atomic mass is 9.70. The molecule has 2 bridgehead atoms. The van der Waals surface area contributed by atoms with Gasteiger partial charge in [-0.05, 0) is 38.5 Å². The topological polar surface area (TPSA) is 107 Å². The van der Waals surface area contributed by atoms with Crippen molar-refractivity contribution in [1.29, 1.82) is 0 Å². The van der Waals surface area contributed by atoms with Gasteiger partial charge in [0.15, 0.2) is 0 Å². The van der Waals surface area contributed by atoms with Crippen molar-refractivity contribution in [1.82, 2.24) is 9.80 Å². The predicted octanol–water partition coefficient (Wildman–Crippen LogP) is 1.57. The molecule has 0 aromatic carbocycles. The first-order valence-electron chi connectivity index (χ1n) is 11.7. The van der Waals surface area contributed by atoms with Gasteiger partial charge in [0.2, 0.25) is 11.8 Å². The molecule has 1 aliphatic carbocycles. The molecule has 172 valence electrons. The molecule has 2 amide bonds. The second-order valence-electron chi connectivity index (χ2n) is 9.43. The number of carboxylic acid groups (broad SMARTS) is 1. The van der Waals surface area contributed by atoms with E-state index in [9.17, 15) is 24.6 Å². The molecule has 3 aliphatic heterocycles. The van der Waals surface area contributed by atoms with Crippen LogP contribution in [0.3, 0.4) is 0 Å². The molecule has 2 N–H and O–H groups in total. The van der Waals surface area contributed by atoms with E-state index in [2.05, 4.69) is 6.58 Å². The number of amides is 2. The number of carbonyl (C=O) groups excluding carboxylic acids is 2. The van der Waals surface area contributed by atoms with Gasteiger partial charge in [0.1, 0.15) is 11.6 Å². The molecule has 0 radical (unpaired) electrons. The van der Waals surface area contributed by atoms with E-state index in [1.165, 1.54) is 6.42 Å². The number of hydrogen-bond donors (Lipinski definition) is 2. The van der Waals surface area contributed by atoms with Crippen LogP contribution in [0.1, 0.15) is 57.8 Å². The van der Waals surface area contributed by atoms with Crippen LogP contribution in [0, 0.1) is 11.8 Å². The number of aliphatic carboxylic acids is 1. The molecule has 4 aliphatic rings. The molecule has 3 saturated heterocycles. The minimum absolute atomic E-state index is 0.0101. The average Bonchev–Trinajstić information content (AvgIpc) is 3.40. The maximum absolute atomic E-state index is 14.0. The van der Waals surface area contributed by atoms with Gasteiger partial charge in [0.25, 0.3) is 0 Å². The highest BCUT2D eigenvalue weighted by atomic mass is 16.5. The lowest BCUT2D eigenvalue weighted by Crippen LogP contribution is -2.58. The minimum atomic E-state index is -1.06. The number of aliphatic hydroxyl groups is 1. The zero-order chi connectivity index (χ0) is 22.2. The van der Waals surface area contributed by atoms with Gasteiger partial charge in [0.05, 0.1) is 17.9 Å². The Balaban J connectivity index is 1.69. The summed E-state index contributed by atoms with van der Waals surface area (Å²) in [6, 6.07) is -0.696. The first kappa shape index (κ1) is 22.3. The first-order chi connectivity index (χ1) is 15.0. The maximum atomic E-state index is 14.0. The maximum Gasteiger partial charge on any atom is 0.310 e. The van der Waals surface area contributed by atoms with E-state index < -0.39 is 35.6 Å². The summed E-state index contributed by atoms with van der Waals surface area (Å²) < 4.78 is 6.25. The average molecular weight is 435 g/mol. The van der Waals surface area contributed by atoms with Crippen LogP contribution in [0.4, 0.5) is 0 Å². The number of ether oxygens (including phenoxy) is 1. The molecular formula is C23H34N2O6. The van der Waals surface area contributed by atoms with Gasteiger partial charge in [-0.1, -0.05) is 25.3 Å². The van der Waals surface area contributed by atoms with E-state index in [1.54, 1.807) is 11.0 Å². The van der Waals surface area contributed by atoms with Crippen molar-refractivity contribution < 1.29 is 29.3 Å². The Bertz CT molecular complexity index is 736. The lowest BCUT2D eigenvalue weighted by Gasteiger charge is -2.40. The van der Waals surface area contributed by atoms with Crippen molar-refractivity contribution in [3.63, 3.8) is 0 Å². The van der Waals surface area contributed by atoms with Crippen molar-refractivity contribution in [2.24, 2.45) is 11.8 Å². The monoisotopic (exact) mass is 434 g/mol. The highest BCUT2D eigenvalue weighted by Crippen LogP contribution is 2.58. The fourth-order valence-electron chi connectivity index (χ4n) is 6.46. The molecule has 31 heavy (non-hydrogen) atoms. The number of rotatable bonds is 9. The van der Waals surface area contributed by atoms with Crippen molar-refractivity contribution in [2.45, 2.75) is 81.6 Å². The van der Waals surface area contributed by atoms with Gasteiger partial charge < -0.3 is 24.7 Å². The van der Waals surface area contributed by atoms with Gasteiger partial charge in [-0.15, -0.1) is 6.58 Å². The lowest BCUT2D eigenvalue weighted by molar-refractivity contribution is -0.151. The highest BCUT2D eigenvalue weighted by molar-refractivity contribution is 5.98. The molecule has 4 fully saturated rings. The number of carboxylic acids is 1. The van der Waals surface area contributed by atoms with Crippen LogP contribution >= 0.6 is 0 Å². The van der Waals surface area contributed by atoms with Crippen molar-refractivity contribution in [3.05, 3.63) is 12.7 Å². The molecule has 1 spiro atoms. The Hall–Kier alpha value is -1.93. The second kappa shape index (κ2) is 8.90. The van der Waals surface area contributed by atoms with E-state index >= 15 is 0 Å². The van der Waals surface area contributed by atoms with Crippen LogP contribution in [-0.2, 0) is 19.1 Å². The largest absolute Gasteiger partial charge is 0.481 e. The minimum Gasteiger partial charge on any atom is -0.481 e. The van der Waals surface area contributed by atoms with Gasteiger partial charge in [-0.2, -0.15) is 0 Å². The second-order valence-corrected chi connectivity index (χ2v) is 9.43.